The normalized spacial score (nSPS) is 22.3. The minimum atomic E-state index is 0.775. The van der Waals surface area contributed by atoms with E-state index in [1.807, 2.05) is 0 Å². The molecule has 0 aliphatic heterocycles. The zero-order valence-electron chi connectivity index (χ0n) is 18.9. The number of benzene rings is 2. The second-order valence-electron chi connectivity index (χ2n) is 10.4. The van der Waals surface area contributed by atoms with Gasteiger partial charge in [0, 0.05) is 0 Å². The fourth-order valence-corrected chi connectivity index (χ4v) is 6.93. The molecule has 0 bridgehead atoms. The van der Waals surface area contributed by atoms with E-state index in [-0.39, 0.29) is 0 Å². The summed E-state index contributed by atoms with van der Waals surface area (Å²) in [6.07, 6.45) is 21.3. The number of hydrogen-bond donors (Lipinski definition) is 0. The Morgan fingerprint density at radius 2 is 0.900 bits per heavy atom. The smallest absolute Gasteiger partial charge is 0.0111 e. The average Bonchev–Trinajstić information content (AvgIpc) is 2.85. The summed E-state index contributed by atoms with van der Waals surface area (Å²) < 4.78 is 0. The van der Waals surface area contributed by atoms with Crippen molar-refractivity contribution in [3.05, 3.63) is 59.2 Å². The van der Waals surface area contributed by atoms with Gasteiger partial charge < -0.3 is 0 Å². The van der Waals surface area contributed by atoms with Crippen LogP contribution in [-0.2, 0) is 0 Å². The molecule has 5 rings (SSSR count). The van der Waals surface area contributed by atoms with Crippen molar-refractivity contribution in [3.8, 4) is 11.1 Å². The number of rotatable bonds is 4. The van der Waals surface area contributed by atoms with E-state index < -0.39 is 0 Å². The van der Waals surface area contributed by atoms with Gasteiger partial charge >= 0.3 is 0 Å². The highest BCUT2D eigenvalue weighted by atomic mass is 14.3. The van der Waals surface area contributed by atoms with E-state index in [9.17, 15) is 0 Å². The summed E-state index contributed by atoms with van der Waals surface area (Å²) in [4.78, 5) is 0. The lowest BCUT2D eigenvalue weighted by Gasteiger charge is -2.34. The van der Waals surface area contributed by atoms with E-state index in [1.54, 1.807) is 22.3 Å². The zero-order valence-corrected chi connectivity index (χ0v) is 18.9. The van der Waals surface area contributed by atoms with Gasteiger partial charge in [0.15, 0.2) is 0 Å². The predicted molar refractivity (Wildman–Crippen MR) is 129 cm³/mol. The zero-order chi connectivity index (χ0) is 20.2. The molecule has 0 aromatic heterocycles. The molecule has 3 aliphatic rings. The number of hydrogen-bond acceptors (Lipinski definition) is 0. The Morgan fingerprint density at radius 1 is 0.433 bits per heavy atom. The molecule has 3 saturated carbocycles. The summed E-state index contributed by atoms with van der Waals surface area (Å²) in [5, 5.41) is 0. The molecule has 0 saturated heterocycles. The Hall–Kier alpha value is -1.56. The van der Waals surface area contributed by atoms with Gasteiger partial charge in [-0.15, -0.1) is 0 Å². The van der Waals surface area contributed by atoms with Crippen molar-refractivity contribution in [1.29, 1.82) is 0 Å². The maximum absolute atomic E-state index is 2.62. The van der Waals surface area contributed by atoms with E-state index in [4.69, 9.17) is 0 Å². The second kappa shape index (κ2) is 9.71. The topological polar surface area (TPSA) is 0 Å². The van der Waals surface area contributed by atoms with Crippen LogP contribution in [0.2, 0.25) is 0 Å². The van der Waals surface area contributed by atoms with Crippen LogP contribution in [0.1, 0.15) is 131 Å². The Labute approximate surface area is 184 Å². The summed E-state index contributed by atoms with van der Waals surface area (Å²) in [5.41, 5.74) is 8.42. The molecule has 0 heterocycles. The Balaban J connectivity index is 1.68. The van der Waals surface area contributed by atoms with Crippen LogP contribution in [0.4, 0.5) is 0 Å². The molecule has 0 nitrogen and oxygen atoms in total. The minimum Gasteiger partial charge on any atom is -0.0622 e. The first-order valence-electron chi connectivity index (χ1n) is 13.1. The van der Waals surface area contributed by atoms with Crippen molar-refractivity contribution >= 4 is 0 Å². The van der Waals surface area contributed by atoms with E-state index in [2.05, 4.69) is 42.5 Å². The Morgan fingerprint density at radius 3 is 1.47 bits per heavy atom. The first kappa shape index (κ1) is 20.3. The van der Waals surface area contributed by atoms with Crippen LogP contribution in [0.3, 0.4) is 0 Å². The molecule has 0 heteroatoms. The van der Waals surface area contributed by atoms with Gasteiger partial charge in [-0.25, -0.2) is 0 Å². The fourth-order valence-electron chi connectivity index (χ4n) is 6.93. The Kier molecular flexibility index (Phi) is 6.59. The van der Waals surface area contributed by atoms with Crippen LogP contribution < -0.4 is 0 Å². The molecule has 0 spiro atoms. The van der Waals surface area contributed by atoms with Crippen molar-refractivity contribution in [2.75, 3.05) is 0 Å². The highest BCUT2D eigenvalue weighted by Crippen LogP contribution is 2.49. The molecule has 2 aromatic carbocycles. The molecule has 30 heavy (non-hydrogen) atoms. The largest absolute Gasteiger partial charge is 0.0622 e. The molecular weight excluding hydrogens is 360 g/mol. The van der Waals surface area contributed by atoms with Crippen LogP contribution in [0.15, 0.2) is 42.5 Å². The molecule has 0 radical (unpaired) electrons. The predicted octanol–water partition coefficient (Wildman–Crippen LogP) is 9.50. The third kappa shape index (κ3) is 4.25. The first-order valence-corrected chi connectivity index (χ1v) is 13.1. The van der Waals surface area contributed by atoms with Crippen LogP contribution in [0.25, 0.3) is 11.1 Å². The van der Waals surface area contributed by atoms with Gasteiger partial charge in [-0.05, 0) is 84.1 Å². The molecule has 3 aliphatic carbocycles. The van der Waals surface area contributed by atoms with Crippen LogP contribution >= 0.6 is 0 Å². The lowest BCUT2D eigenvalue weighted by Crippen LogP contribution is -2.16. The van der Waals surface area contributed by atoms with Gasteiger partial charge in [0.05, 0.1) is 0 Å². The molecule has 0 N–H and O–H groups in total. The van der Waals surface area contributed by atoms with Crippen molar-refractivity contribution < 1.29 is 0 Å². The van der Waals surface area contributed by atoms with Crippen LogP contribution in [-0.4, -0.2) is 0 Å². The molecule has 2 aromatic rings. The first-order chi connectivity index (χ1) is 14.9. The van der Waals surface area contributed by atoms with Gasteiger partial charge in [0.25, 0.3) is 0 Å². The maximum atomic E-state index is 2.62. The fraction of sp³-hybridized carbons (Fsp3) is 0.600. The SMILES string of the molecule is c1ccc(-c2c(C3CCCCC3)ccc(C3CCCCC3)c2C2CCCCC2)cc1. The van der Waals surface area contributed by atoms with E-state index in [0.717, 1.165) is 17.8 Å². The van der Waals surface area contributed by atoms with E-state index >= 15 is 0 Å². The van der Waals surface area contributed by atoms with Gasteiger partial charge in [0.1, 0.15) is 0 Å². The molecule has 3 fully saturated rings. The molecule has 0 atom stereocenters. The lowest BCUT2D eigenvalue weighted by molar-refractivity contribution is 0.417. The second-order valence-corrected chi connectivity index (χ2v) is 10.4. The monoisotopic (exact) mass is 400 g/mol. The van der Waals surface area contributed by atoms with E-state index in [1.165, 1.54) is 102 Å². The molecular formula is C30H40. The summed E-state index contributed by atoms with van der Waals surface area (Å²) in [7, 11) is 0. The molecule has 0 unspecified atom stereocenters. The summed E-state index contributed by atoms with van der Waals surface area (Å²) >= 11 is 0. The third-order valence-electron chi connectivity index (χ3n) is 8.48. The van der Waals surface area contributed by atoms with Crippen LogP contribution in [0, 0.1) is 0 Å². The van der Waals surface area contributed by atoms with Gasteiger partial charge in [-0.1, -0.05) is 100 Å². The van der Waals surface area contributed by atoms with Crippen molar-refractivity contribution in [2.24, 2.45) is 0 Å². The van der Waals surface area contributed by atoms with Gasteiger partial charge in [-0.3, -0.25) is 0 Å². The van der Waals surface area contributed by atoms with Gasteiger partial charge in [-0.2, -0.15) is 0 Å². The quantitative estimate of drug-likeness (QED) is 0.479. The summed E-state index contributed by atoms with van der Waals surface area (Å²) in [6.45, 7) is 0. The molecule has 160 valence electrons. The van der Waals surface area contributed by atoms with Gasteiger partial charge in [0.2, 0.25) is 0 Å². The standard InChI is InChI=1S/C30H40/c1-5-13-23(14-6-1)27-21-22-28(24-15-7-2-8-16-24)30(26-19-11-4-12-20-26)29(27)25-17-9-3-10-18-25/h3,9-10,17-18,21-24,26H,1-2,4-8,11-16,19-20H2. The highest BCUT2D eigenvalue weighted by molar-refractivity contribution is 5.74. The highest BCUT2D eigenvalue weighted by Gasteiger charge is 2.30. The van der Waals surface area contributed by atoms with Crippen molar-refractivity contribution in [2.45, 2.75) is 114 Å². The van der Waals surface area contributed by atoms with E-state index in [0.29, 0.717) is 0 Å². The average molecular weight is 401 g/mol. The minimum absolute atomic E-state index is 0.775. The third-order valence-corrected chi connectivity index (χ3v) is 8.48. The van der Waals surface area contributed by atoms with Crippen LogP contribution in [0.5, 0.6) is 0 Å². The Bertz CT molecular complexity index is 799. The molecule has 0 amide bonds. The lowest BCUT2D eigenvalue weighted by atomic mass is 9.70. The van der Waals surface area contributed by atoms with Crippen molar-refractivity contribution in [3.63, 3.8) is 0 Å². The van der Waals surface area contributed by atoms with Crippen molar-refractivity contribution in [1.82, 2.24) is 0 Å². The summed E-state index contributed by atoms with van der Waals surface area (Å²) in [6, 6.07) is 16.7. The maximum Gasteiger partial charge on any atom is -0.0111 e. The summed E-state index contributed by atoms with van der Waals surface area (Å²) in [5.74, 6) is 2.37.